The van der Waals surface area contributed by atoms with E-state index in [1.807, 2.05) is 32.0 Å². The number of carbonyl (C=O) groups excluding carboxylic acids is 2. The Kier molecular flexibility index (Phi) is 14.2. The molecule has 1 atom stereocenters. The molecule has 5 N–H and O–H groups in total. The average molecular weight is 543 g/mol. The summed E-state index contributed by atoms with van der Waals surface area (Å²) in [4.78, 5) is 24.0. The Balaban J connectivity index is 0.00000648. The normalized spacial score (nSPS) is 12.2. The number of aryl methyl sites for hydroxylation is 1. The molecule has 0 aliphatic rings. The van der Waals surface area contributed by atoms with Crippen LogP contribution >= 0.6 is 0 Å². The molecule has 0 saturated heterocycles. The number of nitrogen functional groups attached to an aromatic ring is 2. The van der Waals surface area contributed by atoms with Crippen molar-refractivity contribution in [1.82, 2.24) is 9.62 Å². The van der Waals surface area contributed by atoms with Crippen molar-refractivity contribution in [1.29, 1.82) is 0 Å². The molecule has 0 aliphatic carbocycles. The van der Waals surface area contributed by atoms with Crippen LogP contribution < -0.4 is 73.3 Å². The molecular formula is C25H35KN4O5S. The van der Waals surface area contributed by atoms with E-state index in [4.69, 9.17) is 11.5 Å². The van der Waals surface area contributed by atoms with E-state index in [2.05, 4.69) is 5.32 Å². The van der Waals surface area contributed by atoms with Crippen LogP contribution in [0.15, 0.2) is 53.4 Å². The third kappa shape index (κ3) is 10.5. The predicted molar refractivity (Wildman–Crippen MR) is 134 cm³/mol. The summed E-state index contributed by atoms with van der Waals surface area (Å²) in [5.74, 6) is -1.66. The van der Waals surface area contributed by atoms with Crippen molar-refractivity contribution in [3.05, 3.63) is 54.1 Å². The second-order valence-corrected chi connectivity index (χ2v) is 10.9. The molecule has 0 bridgehead atoms. The van der Waals surface area contributed by atoms with E-state index in [9.17, 15) is 23.1 Å². The van der Waals surface area contributed by atoms with E-state index in [0.717, 1.165) is 9.87 Å². The van der Waals surface area contributed by atoms with Gasteiger partial charge in [0.25, 0.3) is 0 Å². The zero-order chi connectivity index (χ0) is 26.0. The molecule has 2 rings (SSSR count). The summed E-state index contributed by atoms with van der Waals surface area (Å²) < 4.78 is 27.5. The van der Waals surface area contributed by atoms with Crippen molar-refractivity contribution < 1.29 is 74.5 Å². The Morgan fingerprint density at radius 1 is 1.03 bits per heavy atom. The Bertz CT molecular complexity index is 1090. The van der Waals surface area contributed by atoms with Gasteiger partial charge in [0, 0.05) is 30.9 Å². The van der Waals surface area contributed by atoms with Crippen LogP contribution in [0.4, 0.5) is 11.4 Å². The summed E-state index contributed by atoms with van der Waals surface area (Å²) in [7, 11) is -4.07. The number of nitrogens with two attached hydrogens (primary N) is 2. The second kappa shape index (κ2) is 15.7. The van der Waals surface area contributed by atoms with Gasteiger partial charge in [-0.15, -0.1) is 0 Å². The molecule has 0 aliphatic heterocycles. The number of sulfonamides is 1. The van der Waals surface area contributed by atoms with Crippen molar-refractivity contribution >= 4 is 33.3 Å². The van der Waals surface area contributed by atoms with Gasteiger partial charge in [0.05, 0.1) is 16.9 Å². The topological polar surface area (TPSA) is 159 Å². The van der Waals surface area contributed by atoms with Crippen molar-refractivity contribution in [2.24, 2.45) is 5.92 Å². The molecule has 192 valence electrons. The fourth-order valence-corrected chi connectivity index (χ4v) is 5.46. The summed E-state index contributed by atoms with van der Waals surface area (Å²) in [6.07, 6.45) is 1.86. The number of nitrogens with one attached hydrogen (secondary N) is 1. The maximum absolute atomic E-state index is 13.2. The first kappa shape index (κ1) is 32.6. The summed E-state index contributed by atoms with van der Waals surface area (Å²) in [6, 6.07) is 11.7. The Morgan fingerprint density at radius 2 is 1.69 bits per heavy atom. The Hall–Kier alpha value is -1.47. The van der Waals surface area contributed by atoms with Gasteiger partial charge in [0.15, 0.2) is 0 Å². The molecule has 11 heteroatoms. The van der Waals surface area contributed by atoms with Gasteiger partial charge in [-0.3, -0.25) is 4.79 Å². The number of carboxylic acid groups (broad SMARTS) is 1. The van der Waals surface area contributed by atoms with E-state index < -0.39 is 22.0 Å². The number of hydrogen-bond acceptors (Lipinski definition) is 7. The van der Waals surface area contributed by atoms with Crippen LogP contribution in [-0.4, -0.2) is 43.7 Å². The molecule has 0 spiro atoms. The van der Waals surface area contributed by atoms with Crippen LogP contribution in [0.3, 0.4) is 0 Å². The van der Waals surface area contributed by atoms with Crippen molar-refractivity contribution in [3.8, 4) is 0 Å². The number of carboxylic acids is 1. The summed E-state index contributed by atoms with van der Waals surface area (Å²) in [5, 5.41) is 14.8. The van der Waals surface area contributed by atoms with Gasteiger partial charge in [-0.25, -0.2) is 8.42 Å². The van der Waals surface area contributed by atoms with E-state index in [0.29, 0.717) is 43.6 Å². The number of nitrogens with zero attached hydrogens (tertiary/aromatic N) is 1. The molecule has 0 saturated carbocycles. The summed E-state index contributed by atoms with van der Waals surface area (Å²) in [6.45, 7) is 4.03. The van der Waals surface area contributed by atoms with E-state index in [1.54, 1.807) is 6.07 Å². The van der Waals surface area contributed by atoms with Gasteiger partial charge in [-0.05, 0) is 73.6 Å². The van der Waals surface area contributed by atoms with E-state index >= 15 is 0 Å². The fourth-order valence-electron chi connectivity index (χ4n) is 3.69. The number of unbranched alkanes of at least 4 members (excludes halogenated alkanes) is 1. The number of aliphatic carboxylic acids is 1. The van der Waals surface area contributed by atoms with E-state index in [1.165, 1.54) is 24.3 Å². The van der Waals surface area contributed by atoms with Crippen LogP contribution in [-0.2, 0) is 26.0 Å². The Morgan fingerprint density at radius 3 is 2.28 bits per heavy atom. The molecule has 2 aromatic carbocycles. The first-order chi connectivity index (χ1) is 16.5. The number of anilines is 2. The zero-order valence-corrected chi connectivity index (χ0v) is 25.2. The average Bonchev–Trinajstić information content (AvgIpc) is 2.78. The zero-order valence-electron chi connectivity index (χ0n) is 21.3. The molecule has 0 fully saturated rings. The van der Waals surface area contributed by atoms with Gasteiger partial charge in [-0.1, -0.05) is 26.0 Å². The Labute approximate surface area is 256 Å². The molecule has 2 aromatic rings. The molecule has 0 radical (unpaired) electrons. The van der Waals surface area contributed by atoms with Crippen molar-refractivity contribution in [2.75, 3.05) is 24.6 Å². The van der Waals surface area contributed by atoms with Gasteiger partial charge in [0.2, 0.25) is 15.9 Å². The third-order valence-corrected chi connectivity index (χ3v) is 7.36. The number of benzene rings is 2. The van der Waals surface area contributed by atoms with Gasteiger partial charge < -0.3 is 26.7 Å². The molecule has 0 aromatic heterocycles. The third-order valence-electron chi connectivity index (χ3n) is 5.47. The maximum atomic E-state index is 13.2. The first-order valence-electron chi connectivity index (χ1n) is 11.7. The van der Waals surface area contributed by atoms with Crippen LogP contribution in [0.1, 0.15) is 45.1 Å². The second-order valence-electron chi connectivity index (χ2n) is 8.96. The van der Waals surface area contributed by atoms with Crippen molar-refractivity contribution in [2.45, 2.75) is 56.9 Å². The number of amides is 1. The van der Waals surface area contributed by atoms with Crippen LogP contribution in [0.2, 0.25) is 0 Å². The van der Waals surface area contributed by atoms with Crippen LogP contribution in [0.5, 0.6) is 0 Å². The molecule has 1 amide bonds. The minimum atomic E-state index is -4.07. The quantitative estimate of drug-likeness (QED) is 0.149. The molecule has 36 heavy (non-hydrogen) atoms. The van der Waals surface area contributed by atoms with Crippen LogP contribution in [0.25, 0.3) is 0 Å². The number of hydrogen-bond donors (Lipinski definition) is 3. The number of rotatable bonds is 14. The van der Waals surface area contributed by atoms with Gasteiger partial charge >= 0.3 is 51.4 Å². The molecule has 0 heterocycles. The molecule has 9 nitrogen and oxygen atoms in total. The van der Waals surface area contributed by atoms with Crippen molar-refractivity contribution in [3.63, 3.8) is 0 Å². The smallest absolute Gasteiger partial charge is 0.548 e. The summed E-state index contributed by atoms with van der Waals surface area (Å²) >= 11 is 0. The van der Waals surface area contributed by atoms with Crippen LogP contribution in [0, 0.1) is 5.92 Å². The van der Waals surface area contributed by atoms with E-state index in [-0.39, 0.29) is 81.1 Å². The van der Waals surface area contributed by atoms with Gasteiger partial charge in [-0.2, -0.15) is 4.31 Å². The first-order valence-corrected chi connectivity index (χ1v) is 13.1. The monoisotopic (exact) mass is 542 g/mol. The standard InChI is InChI=1S/C25H36N4O5S.K/c1-18(2)17-29(35(33,34)22-12-10-20(26)11-13-22)23(25(31)32)8-3-4-15-28-24(30)14-9-19-6-5-7-21(27)16-19;/h5-7,10-13,16,18,23H,3-4,8-9,14-15,17,26-27H2,1-2H3,(H,28,30)(H,31,32);/q;+1/p-1/t23-;/m0./s1. The predicted octanol–water partition coefficient (Wildman–Crippen LogP) is -1.46. The minimum Gasteiger partial charge on any atom is -0.548 e. The summed E-state index contributed by atoms with van der Waals surface area (Å²) in [5.41, 5.74) is 13.4. The minimum absolute atomic E-state index is 0. The largest absolute Gasteiger partial charge is 1.00 e. The fraction of sp³-hybridized carbons (Fsp3) is 0.440. The SMILES string of the molecule is CC(C)CN([C@@H](CCCCNC(=O)CCc1cccc(N)c1)C(=O)[O-])S(=O)(=O)c1ccc(N)cc1.[K+]. The van der Waals surface area contributed by atoms with Gasteiger partial charge in [0.1, 0.15) is 0 Å². The molecular weight excluding hydrogens is 507 g/mol. The molecule has 0 unspecified atom stereocenters. The number of carbonyl (C=O) groups is 2. The maximum Gasteiger partial charge on any atom is 1.00 e.